The molecule has 1 aromatic carbocycles. The van der Waals surface area contributed by atoms with Crippen molar-refractivity contribution in [3.63, 3.8) is 0 Å². The van der Waals surface area contributed by atoms with Crippen LogP contribution in [0.3, 0.4) is 0 Å². The Morgan fingerprint density at radius 2 is 2.29 bits per heavy atom. The minimum Gasteiger partial charge on any atom is -0.478 e. The maximum Gasteiger partial charge on any atom is 0.337 e. The fraction of sp³-hybridized carbons (Fsp3) is 0.100. The molecule has 0 heterocycles. The van der Waals surface area contributed by atoms with E-state index in [1.165, 1.54) is 0 Å². The molecular weight excluding hydrogens is 267 g/mol. The standard InChI is InChI=1S/C10H8BrClO2/c11-5-1-2-7-3-4-9(12)8(6-7)10(13)14/h1-4,6H,5H2,(H,13,14). The van der Waals surface area contributed by atoms with Crippen molar-refractivity contribution < 1.29 is 9.90 Å². The summed E-state index contributed by atoms with van der Waals surface area (Å²) >= 11 is 8.95. The number of hydrogen-bond acceptors (Lipinski definition) is 1. The molecule has 14 heavy (non-hydrogen) atoms. The summed E-state index contributed by atoms with van der Waals surface area (Å²) in [5, 5.41) is 9.79. The third-order valence-corrected chi connectivity index (χ3v) is 2.32. The molecule has 0 aliphatic heterocycles. The van der Waals surface area contributed by atoms with Crippen LogP contribution in [0.25, 0.3) is 6.08 Å². The summed E-state index contributed by atoms with van der Waals surface area (Å²) in [7, 11) is 0. The van der Waals surface area contributed by atoms with Gasteiger partial charge in [-0.05, 0) is 17.7 Å². The first kappa shape index (κ1) is 11.3. The molecule has 0 aliphatic carbocycles. The average molecular weight is 276 g/mol. The van der Waals surface area contributed by atoms with Crippen molar-refractivity contribution in [3.8, 4) is 0 Å². The number of allylic oxidation sites excluding steroid dienone is 1. The van der Waals surface area contributed by atoms with Gasteiger partial charge in [-0.1, -0.05) is 45.7 Å². The van der Waals surface area contributed by atoms with Gasteiger partial charge in [0, 0.05) is 5.33 Å². The molecule has 0 radical (unpaired) electrons. The van der Waals surface area contributed by atoms with Crippen LogP contribution in [0.5, 0.6) is 0 Å². The SMILES string of the molecule is O=C(O)c1cc(C=CCBr)ccc1Cl. The van der Waals surface area contributed by atoms with Gasteiger partial charge in [-0.15, -0.1) is 0 Å². The second kappa shape index (κ2) is 5.17. The zero-order valence-corrected chi connectivity index (χ0v) is 9.55. The van der Waals surface area contributed by atoms with Crippen LogP contribution in [0.4, 0.5) is 0 Å². The Morgan fingerprint density at radius 3 is 2.86 bits per heavy atom. The van der Waals surface area contributed by atoms with Crippen molar-refractivity contribution in [3.05, 3.63) is 40.4 Å². The Labute approximate surface area is 95.3 Å². The molecule has 0 aromatic heterocycles. The van der Waals surface area contributed by atoms with Crippen molar-refractivity contribution in [2.24, 2.45) is 0 Å². The maximum absolute atomic E-state index is 10.7. The summed E-state index contributed by atoms with van der Waals surface area (Å²) in [6.45, 7) is 0. The zero-order valence-electron chi connectivity index (χ0n) is 7.21. The van der Waals surface area contributed by atoms with Crippen LogP contribution in [0.1, 0.15) is 15.9 Å². The highest BCUT2D eigenvalue weighted by Crippen LogP contribution is 2.18. The number of carbonyl (C=O) groups is 1. The minimum atomic E-state index is -1.01. The van der Waals surface area contributed by atoms with Gasteiger partial charge in [0.2, 0.25) is 0 Å². The molecule has 0 amide bonds. The summed E-state index contributed by atoms with van der Waals surface area (Å²) in [6, 6.07) is 4.90. The molecule has 0 spiro atoms. The third kappa shape index (κ3) is 2.86. The normalized spacial score (nSPS) is 10.7. The quantitative estimate of drug-likeness (QED) is 0.858. The number of aromatic carboxylic acids is 1. The Balaban J connectivity index is 3.06. The van der Waals surface area contributed by atoms with Gasteiger partial charge >= 0.3 is 5.97 Å². The fourth-order valence-corrected chi connectivity index (χ4v) is 1.38. The maximum atomic E-state index is 10.7. The van der Waals surface area contributed by atoms with Crippen LogP contribution < -0.4 is 0 Å². The number of alkyl halides is 1. The predicted octanol–water partition coefficient (Wildman–Crippen LogP) is 3.45. The summed E-state index contributed by atoms with van der Waals surface area (Å²) in [5.74, 6) is -1.01. The van der Waals surface area contributed by atoms with Gasteiger partial charge < -0.3 is 5.11 Å². The minimum absolute atomic E-state index is 0.128. The Kier molecular flexibility index (Phi) is 4.17. The lowest BCUT2D eigenvalue weighted by atomic mass is 10.1. The Hall–Kier alpha value is -0.800. The molecule has 0 saturated heterocycles. The number of halogens is 2. The van der Waals surface area contributed by atoms with Crippen LogP contribution in [0.15, 0.2) is 24.3 Å². The largest absolute Gasteiger partial charge is 0.478 e. The van der Waals surface area contributed by atoms with E-state index in [4.69, 9.17) is 16.7 Å². The first-order valence-electron chi connectivity index (χ1n) is 3.90. The van der Waals surface area contributed by atoms with Gasteiger partial charge in [-0.25, -0.2) is 4.79 Å². The molecule has 0 fully saturated rings. The molecule has 0 unspecified atom stereocenters. The lowest BCUT2D eigenvalue weighted by Gasteiger charge is -1.99. The van der Waals surface area contributed by atoms with Gasteiger partial charge in [-0.2, -0.15) is 0 Å². The number of hydrogen-bond donors (Lipinski definition) is 1. The molecule has 1 aromatic rings. The van der Waals surface area contributed by atoms with Gasteiger partial charge in [0.25, 0.3) is 0 Å². The van der Waals surface area contributed by atoms with Gasteiger partial charge in [0.05, 0.1) is 10.6 Å². The number of carboxylic acids is 1. The van der Waals surface area contributed by atoms with Crippen LogP contribution in [0.2, 0.25) is 5.02 Å². The number of rotatable bonds is 3. The van der Waals surface area contributed by atoms with E-state index in [-0.39, 0.29) is 10.6 Å². The van der Waals surface area contributed by atoms with E-state index in [1.54, 1.807) is 18.2 Å². The first-order chi connectivity index (χ1) is 6.65. The molecule has 2 nitrogen and oxygen atoms in total. The van der Waals surface area contributed by atoms with Crippen molar-refractivity contribution in [2.45, 2.75) is 0 Å². The summed E-state index contributed by atoms with van der Waals surface area (Å²) in [5.41, 5.74) is 0.953. The lowest BCUT2D eigenvalue weighted by molar-refractivity contribution is 0.0697. The summed E-state index contributed by atoms with van der Waals surface area (Å²) in [4.78, 5) is 10.7. The number of carboxylic acid groups (broad SMARTS) is 1. The molecule has 1 N–H and O–H groups in total. The Morgan fingerprint density at radius 1 is 1.57 bits per heavy atom. The zero-order chi connectivity index (χ0) is 10.6. The van der Waals surface area contributed by atoms with Crippen LogP contribution >= 0.6 is 27.5 Å². The molecule has 4 heteroatoms. The molecule has 0 aliphatic rings. The van der Waals surface area contributed by atoms with Crippen molar-refractivity contribution >= 4 is 39.6 Å². The van der Waals surface area contributed by atoms with E-state index in [9.17, 15) is 4.79 Å². The van der Waals surface area contributed by atoms with Gasteiger partial charge in [0.15, 0.2) is 0 Å². The molecule has 74 valence electrons. The summed E-state index contributed by atoms with van der Waals surface area (Å²) < 4.78 is 0. The van der Waals surface area contributed by atoms with E-state index >= 15 is 0 Å². The molecule has 0 saturated carbocycles. The van der Waals surface area contributed by atoms with Gasteiger partial charge in [-0.3, -0.25) is 0 Å². The highest BCUT2D eigenvalue weighted by Gasteiger charge is 2.07. The Bertz CT molecular complexity index is 374. The van der Waals surface area contributed by atoms with Crippen molar-refractivity contribution in [2.75, 3.05) is 5.33 Å². The first-order valence-corrected chi connectivity index (χ1v) is 5.40. The van der Waals surface area contributed by atoms with Crippen LogP contribution in [0, 0.1) is 0 Å². The highest BCUT2D eigenvalue weighted by atomic mass is 79.9. The topological polar surface area (TPSA) is 37.3 Å². The van der Waals surface area contributed by atoms with E-state index in [1.807, 2.05) is 12.2 Å². The molecule has 0 bridgehead atoms. The van der Waals surface area contributed by atoms with Crippen LogP contribution in [-0.2, 0) is 0 Å². The monoisotopic (exact) mass is 274 g/mol. The van der Waals surface area contributed by atoms with Crippen LogP contribution in [-0.4, -0.2) is 16.4 Å². The van der Waals surface area contributed by atoms with E-state index in [0.717, 1.165) is 10.9 Å². The second-order valence-corrected chi connectivity index (χ2v) is 3.66. The number of benzene rings is 1. The predicted molar refractivity (Wildman–Crippen MR) is 61.2 cm³/mol. The smallest absolute Gasteiger partial charge is 0.337 e. The van der Waals surface area contributed by atoms with Crippen molar-refractivity contribution in [1.82, 2.24) is 0 Å². The average Bonchev–Trinajstić information content (AvgIpc) is 2.16. The highest BCUT2D eigenvalue weighted by molar-refractivity contribution is 9.09. The molecular formula is C10H8BrClO2. The second-order valence-electron chi connectivity index (χ2n) is 2.60. The van der Waals surface area contributed by atoms with E-state index in [2.05, 4.69) is 15.9 Å². The van der Waals surface area contributed by atoms with Crippen molar-refractivity contribution in [1.29, 1.82) is 0 Å². The molecule has 0 atom stereocenters. The van der Waals surface area contributed by atoms with E-state index < -0.39 is 5.97 Å². The third-order valence-electron chi connectivity index (χ3n) is 1.62. The lowest BCUT2D eigenvalue weighted by Crippen LogP contribution is -1.97. The fourth-order valence-electron chi connectivity index (χ4n) is 0.991. The van der Waals surface area contributed by atoms with E-state index in [0.29, 0.717) is 0 Å². The summed E-state index contributed by atoms with van der Waals surface area (Å²) in [6.07, 6.45) is 3.71. The van der Waals surface area contributed by atoms with Gasteiger partial charge in [0.1, 0.15) is 0 Å². The molecule has 1 rings (SSSR count).